The third-order valence-electron chi connectivity index (χ3n) is 3.66. The van der Waals surface area contributed by atoms with E-state index in [0.717, 1.165) is 11.1 Å². The van der Waals surface area contributed by atoms with Crippen molar-refractivity contribution in [3.8, 4) is 5.75 Å². The fourth-order valence-electron chi connectivity index (χ4n) is 2.27. The zero-order valence-electron chi connectivity index (χ0n) is 14.2. The lowest BCUT2D eigenvalue weighted by Gasteiger charge is -2.07. The fourth-order valence-corrected chi connectivity index (χ4v) is 2.27. The van der Waals surface area contributed by atoms with Gasteiger partial charge in [0, 0.05) is 12.1 Å². The van der Waals surface area contributed by atoms with Crippen molar-refractivity contribution < 1.29 is 14.1 Å². The number of anilines is 1. The van der Waals surface area contributed by atoms with Gasteiger partial charge in [-0.1, -0.05) is 24.3 Å². The van der Waals surface area contributed by atoms with E-state index < -0.39 is 4.92 Å². The Bertz CT molecular complexity index is 941. The number of hydrazone groups is 1. The molecule has 0 heterocycles. The molecule has 0 radical (unpaired) electrons. The number of benzene rings is 3. The molecular weight excluding hydrogens is 349 g/mol. The van der Waals surface area contributed by atoms with E-state index in [9.17, 15) is 14.5 Å². The standard InChI is InChI=1S/C20H16FN3O3/c21-17-6-4-15(5-7-17)14-27-20-3-1-2-16(12-20)13-22-23-18-8-10-19(11-9-18)24(25)26/h1-13,23H,14H2. The third-order valence-corrected chi connectivity index (χ3v) is 3.66. The monoisotopic (exact) mass is 365 g/mol. The molecule has 3 rings (SSSR count). The molecule has 7 heteroatoms. The van der Waals surface area contributed by atoms with Crippen molar-refractivity contribution in [2.75, 3.05) is 5.43 Å². The highest BCUT2D eigenvalue weighted by Crippen LogP contribution is 2.16. The van der Waals surface area contributed by atoms with E-state index >= 15 is 0 Å². The Kier molecular flexibility index (Phi) is 5.73. The summed E-state index contributed by atoms with van der Waals surface area (Å²) in [4.78, 5) is 10.2. The van der Waals surface area contributed by atoms with E-state index in [2.05, 4.69) is 10.5 Å². The van der Waals surface area contributed by atoms with E-state index in [4.69, 9.17) is 4.74 Å². The quantitative estimate of drug-likeness (QED) is 0.372. The average Bonchev–Trinajstić information content (AvgIpc) is 2.68. The van der Waals surface area contributed by atoms with E-state index in [1.165, 1.54) is 24.3 Å². The number of nitrogens with one attached hydrogen (secondary N) is 1. The number of nitro benzene ring substituents is 1. The molecule has 0 fully saturated rings. The van der Waals surface area contributed by atoms with E-state index in [-0.39, 0.29) is 11.5 Å². The number of rotatable bonds is 7. The molecular formula is C20H16FN3O3. The topological polar surface area (TPSA) is 76.8 Å². The summed E-state index contributed by atoms with van der Waals surface area (Å²) in [7, 11) is 0. The first-order valence-electron chi connectivity index (χ1n) is 8.11. The normalized spacial score (nSPS) is 10.7. The zero-order valence-corrected chi connectivity index (χ0v) is 14.2. The van der Waals surface area contributed by atoms with Gasteiger partial charge in [0.1, 0.15) is 18.2 Å². The molecule has 0 bridgehead atoms. The van der Waals surface area contributed by atoms with Crippen molar-refractivity contribution >= 4 is 17.6 Å². The van der Waals surface area contributed by atoms with Crippen LogP contribution in [0.4, 0.5) is 15.8 Å². The number of hydrogen-bond donors (Lipinski definition) is 1. The second-order valence-corrected chi connectivity index (χ2v) is 5.66. The van der Waals surface area contributed by atoms with Gasteiger partial charge in [0.05, 0.1) is 16.8 Å². The van der Waals surface area contributed by atoms with Gasteiger partial charge in [0.2, 0.25) is 0 Å². The summed E-state index contributed by atoms with van der Waals surface area (Å²) in [6.07, 6.45) is 1.62. The number of hydrogen-bond acceptors (Lipinski definition) is 5. The number of halogens is 1. The van der Waals surface area contributed by atoms with Gasteiger partial charge in [-0.15, -0.1) is 0 Å². The van der Waals surface area contributed by atoms with Crippen LogP contribution in [0, 0.1) is 15.9 Å². The lowest BCUT2D eigenvalue weighted by Crippen LogP contribution is -1.96. The van der Waals surface area contributed by atoms with Crippen LogP contribution >= 0.6 is 0 Å². The molecule has 0 unspecified atom stereocenters. The minimum Gasteiger partial charge on any atom is -0.489 e. The van der Waals surface area contributed by atoms with Crippen molar-refractivity contribution in [2.45, 2.75) is 6.61 Å². The second kappa shape index (κ2) is 8.57. The Hall–Kier alpha value is -3.74. The van der Waals surface area contributed by atoms with E-state index in [1.54, 1.807) is 30.5 Å². The molecule has 1 N–H and O–H groups in total. The number of non-ortho nitro benzene ring substituents is 1. The highest BCUT2D eigenvalue weighted by Gasteiger charge is 2.03. The minimum absolute atomic E-state index is 0.0236. The van der Waals surface area contributed by atoms with Gasteiger partial charge >= 0.3 is 0 Å². The summed E-state index contributed by atoms with van der Waals surface area (Å²) in [5.74, 6) is 0.385. The van der Waals surface area contributed by atoms with Crippen LogP contribution in [0.15, 0.2) is 77.9 Å². The molecule has 0 saturated heterocycles. The Labute approximate surface area is 155 Å². The number of ether oxygens (including phenoxy) is 1. The van der Waals surface area contributed by atoms with Gasteiger partial charge in [-0.2, -0.15) is 5.10 Å². The molecule has 0 spiro atoms. The maximum Gasteiger partial charge on any atom is 0.269 e. The van der Waals surface area contributed by atoms with Gasteiger partial charge in [0.25, 0.3) is 5.69 Å². The van der Waals surface area contributed by atoms with Crippen molar-refractivity contribution in [1.29, 1.82) is 0 Å². The Morgan fingerprint density at radius 3 is 2.52 bits per heavy atom. The summed E-state index contributed by atoms with van der Waals surface area (Å²) in [5, 5.41) is 14.7. The zero-order chi connectivity index (χ0) is 19.1. The molecule has 0 saturated carbocycles. The highest BCUT2D eigenvalue weighted by atomic mass is 19.1. The first kappa shape index (κ1) is 18.1. The first-order valence-corrected chi connectivity index (χ1v) is 8.11. The molecule has 3 aromatic rings. The molecule has 27 heavy (non-hydrogen) atoms. The largest absolute Gasteiger partial charge is 0.489 e. The van der Waals surface area contributed by atoms with E-state index in [1.807, 2.05) is 24.3 Å². The van der Waals surface area contributed by atoms with Crippen LogP contribution < -0.4 is 10.2 Å². The number of nitrogens with zero attached hydrogens (tertiary/aromatic N) is 2. The summed E-state index contributed by atoms with van der Waals surface area (Å²) in [6, 6.07) is 19.5. The molecule has 0 atom stereocenters. The van der Waals surface area contributed by atoms with Crippen LogP contribution in [0.25, 0.3) is 0 Å². The van der Waals surface area contributed by atoms with Crippen molar-refractivity contribution in [3.05, 3.63) is 99.9 Å². The van der Waals surface area contributed by atoms with Gasteiger partial charge in [-0.05, 0) is 47.5 Å². The lowest BCUT2D eigenvalue weighted by atomic mass is 10.2. The fraction of sp³-hybridized carbons (Fsp3) is 0.0500. The maximum atomic E-state index is 12.9. The van der Waals surface area contributed by atoms with Crippen LogP contribution in [0.5, 0.6) is 5.75 Å². The van der Waals surface area contributed by atoms with Crippen LogP contribution in [-0.4, -0.2) is 11.1 Å². The summed E-state index contributed by atoms with van der Waals surface area (Å²) in [5.41, 5.74) is 5.17. The Morgan fingerprint density at radius 1 is 1.07 bits per heavy atom. The second-order valence-electron chi connectivity index (χ2n) is 5.66. The van der Waals surface area contributed by atoms with Gasteiger partial charge in [-0.25, -0.2) is 4.39 Å². The van der Waals surface area contributed by atoms with Crippen molar-refractivity contribution in [1.82, 2.24) is 0 Å². The van der Waals surface area contributed by atoms with Gasteiger partial charge in [0.15, 0.2) is 0 Å². The highest BCUT2D eigenvalue weighted by molar-refractivity contribution is 5.80. The molecule has 0 aliphatic carbocycles. The molecule has 0 aliphatic rings. The smallest absolute Gasteiger partial charge is 0.269 e. The third kappa shape index (κ3) is 5.37. The van der Waals surface area contributed by atoms with E-state index in [0.29, 0.717) is 18.0 Å². The first-order chi connectivity index (χ1) is 13.1. The minimum atomic E-state index is -0.454. The molecule has 136 valence electrons. The molecule has 0 aliphatic heterocycles. The molecule has 6 nitrogen and oxygen atoms in total. The van der Waals surface area contributed by atoms with Crippen LogP contribution in [0.1, 0.15) is 11.1 Å². The summed E-state index contributed by atoms with van der Waals surface area (Å²) in [6.45, 7) is 0.335. The number of nitro groups is 1. The Balaban J connectivity index is 1.57. The summed E-state index contributed by atoms with van der Waals surface area (Å²) < 4.78 is 18.6. The van der Waals surface area contributed by atoms with Gasteiger partial charge < -0.3 is 4.74 Å². The van der Waals surface area contributed by atoms with Gasteiger partial charge in [-0.3, -0.25) is 15.5 Å². The maximum absolute atomic E-state index is 12.9. The average molecular weight is 365 g/mol. The predicted molar refractivity (Wildman–Crippen MR) is 101 cm³/mol. The molecule has 0 amide bonds. The van der Waals surface area contributed by atoms with Crippen LogP contribution in [-0.2, 0) is 6.61 Å². The van der Waals surface area contributed by atoms with Crippen molar-refractivity contribution in [2.24, 2.45) is 5.10 Å². The van der Waals surface area contributed by atoms with Crippen LogP contribution in [0.3, 0.4) is 0 Å². The lowest BCUT2D eigenvalue weighted by molar-refractivity contribution is -0.384. The predicted octanol–water partition coefficient (Wildman–Crippen LogP) is 4.76. The van der Waals surface area contributed by atoms with Crippen LogP contribution in [0.2, 0.25) is 0 Å². The summed E-state index contributed by atoms with van der Waals surface area (Å²) >= 11 is 0. The van der Waals surface area contributed by atoms with Crippen molar-refractivity contribution in [3.63, 3.8) is 0 Å². The molecule has 3 aromatic carbocycles. The Morgan fingerprint density at radius 2 is 1.81 bits per heavy atom. The molecule has 0 aromatic heterocycles. The SMILES string of the molecule is O=[N+]([O-])c1ccc(NN=Cc2cccc(OCc3ccc(F)cc3)c2)cc1.